The van der Waals surface area contributed by atoms with Gasteiger partial charge >= 0.3 is 6.18 Å². The molecule has 18 heavy (non-hydrogen) atoms. The van der Waals surface area contributed by atoms with Crippen LogP contribution >= 0.6 is 0 Å². The van der Waals surface area contributed by atoms with Crippen molar-refractivity contribution in [2.75, 3.05) is 26.2 Å². The highest BCUT2D eigenvalue weighted by atomic mass is 19.4. The third kappa shape index (κ3) is 7.21. The first-order chi connectivity index (χ1) is 8.51. The van der Waals surface area contributed by atoms with Crippen molar-refractivity contribution in [2.45, 2.75) is 57.7 Å². The average molecular weight is 266 g/mol. The van der Waals surface area contributed by atoms with Crippen LogP contribution in [0.3, 0.4) is 0 Å². The van der Waals surface area contributed by atoms with Crippen LogP contribution in [0.25, 0.3) is 0 Å². The van der Waals surface area contributed by atoms with E-state index in [0.29, 0.717) is 25.7 Å². The van der Waals surface area contributed by atoms with E-state index in [4.69, 9.17) is 0 Å². The van der Waals surface area contributed by atoms with Gasteiger partial charge in [0.25, 0.3) is 0 Å². The van der Waals surface area contributed by atoms with Crippen LogP contribution in [0.2, 0.25) is 0 Å². The Morgan fingerprint density at radius 2 is 1.78 bits per heavy atom. The van der Waals surface area contributed by atoms with Gasteiger partial charge in [-0.15, -0.1) is 0 Å². The smallest absolute Gasteiger partial charge is 0.313 e. The molecule has 1 saturated carbocycles. The lowest BCUT2D eigenvalue weighted by atomic mass is 9.95. The fourth-order valence-electron chi connectivity index (χ4n) is 2.57. The fraction of sp³-hybridized carbons (Fsp3) is 1.00. The van der Waals surface area contributed by atoms with E-state index in [1.165, 1.54) is 37.0 Å². The van der Waals surface area contributed by atoms with E-state index in [1.54, 1.807) is 0 Å². The lowest BCUT2D eigenvalue weighted by Gasteiger charge is -2.26. The van der Waals surface area contributed by atoms with Crippen molar-refractivity contribution in [1.29, 1.82) is 0 Å². The zero-order valence-corrected chi connectivity index (χ0v) is 11.2. The molecule has 108 valence electrons. The highest BCUT2D eigenvalue weighted by Gasteiger charge is 2.30. The zero-order valence-electron chi connectivity index (χ0n) is 11.2. The van der Waals surface area contributed by atoms with Crippen LogP contribution in [-0.4, -0.2) is 43.3 Å². The van der Waals surface area contributed by atoms with Gasteiger partial charge in [-0.1, -0.05) is 26.2 Å². The molecule has 5 heteroatoms. The fourth-order valence-corrected chi connectivity index (χ4v) is 2.57. The molecule has 1 aliphatic carbocycles. The normalized spacial score (nSPS) is 18.5. The average Bonchev–Trinajstić information content (AvgIpc) is 2.28. The molecule has 0 atom stereocenters. The first-order valence-corrected chi connectivity index (χ1v) is 7.04. The van der Waals surface area contributed by atoms with E-state index < -0.39 is 12.7 Å². The first-order valence-electron chi connectivity index (χ1n) is 7.04. The Hall–Kier alpha value is -0.290. The monoisotopic (exact) mass is 266 g/mol. The predicted molar refractivity (Wildman–Crippen MR) is 67.7 cm³/mol. The topological polar surface area (TPSA) is 15.3 Å². The van der Waals surface area contributed by atoms with Gasteiger partial charge in [0, 0.05) is 19.1 Å². The number of hydrogen-bond acceptors (Lipinski definition) is 2. The summed E-state index contributed by atoms with van der Waals surface area (Å²) in [6.45, 7) is 2.81. The first kappa shape index (κ1) is 15.8. The van der Waals surface area contributed by atoms with Crippen LogP contribution < -0.4 is 5.32 Å². The van der Waals surface area contributed by atoms with E-state index >= 15 is 0 Å². The van der Waals surface area contributed by atoms with Gasteiger partial charge < -0.3 is 5.32 Å². The van der Waals surface area contributed by atoms with E-state index in [-0.39, 0.29) is 0 Å². The summed E-state index contributed by atoms with van der Waals surface area (Å²) < 4.78 is 37.0. The quantitative estimate of drug-likeness (QED) is 0.761. The summed E-state index contributed by atoms with van der Waals surface area (Å²) in [5.41, 5.74) is 0. The van der Waals surface area contributed by atoms with Crippen molar-refractivity contribution in [3.05, 3.63) is 0 Å². The predicted octanol–water partition coefficient (Wildman–Crippen LogP) is 3.18. The molecule has 0 bridgehead atoms. The highest BCUT2D eigenvalue weighted by Crippen LogP contribution is 2.18. The standard InChI is InChI=1S/C13H25F3N2/c1-2-9-18(11-13(14,15)16)10-8-17-12-6-4-3-5-7-12/h12,17H,2-11H2,1H3. The Labute approximate surface area is 108 Å². The summed E-state index contributed by atoms with van der Waals surface area (Å²) in [5.74, 6) is 0. The van der Waals surface area contributed by atoms with Crippen LogP contribution in [0.15, 0.2) is 0 Å². The molecule has 0 aromatic carbocycles. The second-order valence-corrected chi connectivity index (χ2v) is 5.18. The van der Waals surface area contributed by atoms with Crippen molar-refractivity contribution in [3.63, 3.8) is 0 Å². The van der Waals surface area contributed by atoms with Crippen molar-refractivity contribution in [3.8, 4) is 0 Å². The number of nitrogens with zero attached hydrogens (tertiary/aromatic N) is 1. The van der Waals surface area contributed by atoms with Crippen LogP contribution in [0.1, 0.15) is 45.4 Å². The number of nitrogens with one attached hydrogen (secondary N) is 1. The van der Waals surface area contributed by atoms with Gasteiger partial charge in [-0.05, 0) is 25.8 Å². The van der Waals surface area contributed by atoms with Crippen molar-refractivity contribution < 1.29 is 13.2 Å². The largest absolute Gasteiger partial charge is 0.401 e. The highest BCUT2D eigenvalue weighted by molar-refractivity contribution is 4.73. The number of rotatable bonds is 7. The summed E-state index contributed by atoms with van der Waals surface area (Å²) in [7, 11) is 0. The third-order valence-corrected chi connectivity index (χ3v) is 3.41. The van der Waals surface area contributed by atoms with Gasteiger partial charge in [0.1, 0.15) is 0 Å². The van der Waals surface area contributed by atoms with Crippen molar-refractivity contribution in [1.82, 2.24) is 10.2 Å². The molecule has 0 aliphatic heterocycles. The minimum atomic E-state index is -4.08. The Morgan fingerprint density at radius 3 is 2.33 bits per heavy atom. The number of hydrogen-bond donors (Lipinski definition) is 1. The number of alkyl halides is 3. The van der Waals surface area contributed by atoms with Crippen molar-refractivity contribution in [2.24, 2.45) is 0 Å². The maximum Gasteiger partial charge on any atom is 0.401 e. The van der Waals surface area contributed by atoms with Gasteiger partial charge in [-0.3, -0.25) is 4.90 Å². The Kier molecular flexibility index (Phi) is 7.00. The molecule has 0 aromatic rings. The van der Waals surface area contributed by atoms with Crippen LogP contribution in [-0.2, 0) is 0 Å². The molecule has 1 rings (SSSR count). The molecular weight excluding hydrogens is 241 g/mol. The SMILES string of the molecule is CCCN(CCNC1CCCCC1)CC(F)(F)F. The molecule has 1 fully saturated rings. The third-order valence-electron chi connectivity index (χ3n) is 3.41. The van der Waals surface area contributed by atoms with Gasteiger partial charge in [-0.25, -0.2) is 0 Å². The molecule has 2 nitrogen and oxygen atoms in total. The lowest BCUT2D eigenvalue weighted by molar-refractivity contribution is -0.145. The van der Waals surface area contributed by atoms with Crippen LogP contribution in [0.4, 0.5) is 13.2 Å². The Morgan fingerprint density at radius 1 is 1.11 bits per heavy atom. The Bertz CT molecular complexity index is 213. The molecule has 0 aromatic heterocycles. The second kappa shape index (κ2) is 8.00. The summed E-state index contributed by atoms with van der Waals surface area (Å²) in [5, 5.41) is 3.39. The molecule has 0 amide bonds. The summed E-state index contributed by atoms with van der Waals surface area (Å²) in [4.78, 5) is 1.50. The molecule has 0 radical (unpaired) electrons. The van der Waals surface area contributed by atoms with Gasteiger partial charge in [-0.2, -0.15) is 13.2 Å². The minimum absolute atomic E-state index is 0.490. The van der Waals surface area contributed by atoms with E-state index in [1.807, 2.05) is 6.92 Å². The Balaban J connectivity index is 2.19. The van der Waals surface area contributed by atoms with Gasteiger partial charge in [0.05, 0.1) is 6.54 Å². The lowest BCUT2D eigenvalue weighted by Crippen LogP contribution is -2.41. The molecule has 0 spiro atoms. The van der Waals surface area contributed by atoms with Gasteiger partial charge in [0.2, 0.25) is 0 Å². The van der Waals surface area contributed by atoms with E-state index in [9.17, 15) is 13.2 Å². The van der Waals surface area contributed by atoms with Crippen LogP contribution in [0.5, 0.6) is 0 Å². The summed E-state index contributed by atoms with van der Waals surface area (Å²) >= 11 is 0. The molecule has 0 unspecified atom stereocenters. The minimum Gasteiger partial charge on any atom is -0.313 e. The van der Waals surface area contributed by atoms with Gasteiger partial charge in [0.15, 0.2) is 0 Å². The van der Waals surface area contributed by atoms with Crippen molar-refractivity contribution >= 4 is 0 Å². The summed E-state index contributed by atoms with van der Waals surface area (Å²) in [6, 6.07) is 0.521. The van der Waals surface area contributed by atoms with Crippen LogP contribution in [0, 0.1) is 0 Å². The molecule has 0 saturated heterocycles. The van der Waals surface area contributed by atoms with E-state index in [2.05, 4.69) is 5.32 Å². The second-order valence-electron chi connectivity index (χ2n) is 5.18. The number of halogens is 3. The maximum atomic E-state index is 12.3. The molecule has 1 aliphatic rings. The molecule has 0 heterocycles. The molecule has 1 N–H and O–H groups in total. The summed E-state index contributed by atoms with van der Waals surface area (Å²) in [6.07, 6.45) is 2.83. The van der Waals surface area contributed by atoms with E-state index in [0.717, 1.165) is 6.42 Å². The zero-order chi connectivity index (χ0) is 13.4. The molecular formula is C13H25F3N2. The maximum absolute atomic E-state index is 12.3.